The number of ether oxygens (including phenoxy) is 1. The summed E-state index contributed by atoms with van der Waals surface area (Å²) in [6, 6.07) is 5.40. The van der Waals surface area contributed by atoms with Gasteiger partial charge in [0.2, 0.25) is 0 Å². The van der Waals surface area contributed by atoms with Crippen molar-refractivity contribution in [2.45, 2.75) is 19.8 Å². The molecule has 0 aliphatic carbocycles. The fourth-order valence-electron chi connectivity index (χ4n) is 1.75. The average molecular weight is 340 g/mol. The van der Waals surface area contributed by atoms with E-state index in [-0.39, 0.29) is 11.7 Å². The lowest BCUT2D eigenvalue weighted by Crippen LogP contribution is -2.06. The lowest BCUT2D eigenvalue weighted by molar-refractivity contribution is 0.0683. The second kappa shape index (κ2) is 5.62. The Labute approximate surface area is 124 Å². The van der Waals surface area contributed by atoms with Gasteiger partial charge in [-0.3, -0.25) is 0 Å². The van der Waals surface area contributed by atoms with Crippen molar-refractivity contribution >= 4 is 21.9 Å². The molecular formula is C13H14BrN3O3. The summed E-state index contributed by atoms with van der Waals surface area (Å²) < 4.78 is 7.50. The molecule has 7 heteroatoms. The number of halogens is 1. The van der Waals surface area contributed by atoms with Gasteiger partial charge >= 0.3 is 5.97 Å². The SMILES string of the molecule is COc1ccc(Br)c(-n2nc(C(=O)O)nc2C(C)C)c1. The minimum atomic E-state index is -1.15. The highest BCUT2D eigenvalue weighted by atomic mass is 79.9. The molecule has 0 saturated carbocycles. The Morgan fingerprint density at radius 1 is 1.45 bits per heavy atom. The van der Waals surface area contributed by atoms with Crippen molar-refractivity contribution in [3.05, 3.63) is 34.3 Å². The highest BCUT2D eigenvalue weighted by Gasteiger charge is 2.20. The van der Waals surface area contributed by atoms with E-state index in [1.54, 1.807) is 19.2 Å². The van der Waals surface area contributed by atoms with E-state index < -0.39 is 5.97 Å². The molecule has 1 aromatic heterocycles. The van der Waals surface area contributed by atoms with Gasteiger partial charge in [-0.15, -0.1) is 5.10 Å². The summed E-state index contributed by atoms with van der Waals surface area (Å²) in [6.07, 6.45) is 0. The van der Waals surface area contributed by atoms with Crippen LogP contribution in [0.1, 0.15) is 36.2 Å². The molecule has 2 aromatic rings. The van der Waals surface area contributed by atoms with Crippen LogP contribution in [0.4, 0.5) is 0 Å². The molecule has 0 aliphatic heterocycles. The van der Waals surface area contributed by atoms with Gasteiger partial charge in [-0.05, 0) is 28.1 Å². The number of carboxylic acid groups (broad SMARTS) is 1. The highest BCUT2D eigenvalue weighted by molar-refractivity contribution is 9.10. The van der Waals surface area contributed by atoms with Crippen molar-refractivity contribution in [3.8, 4) is 11.4 Å². The number of aromatic carboxylic acids is 1. The summed E-state index contributed by atoms with van der Waals surface area (Å²) in [5, 5.41) is 13.1. The smallest absolute Gasteiger partial charge is 0.375 e. The Balaban J connectivity index is 2.64. The Hall–Kier alpha value is -1.89. The molecule has 0 bridgehead atoms. The number of carbonyl (C=O) groups is 1. The Morgan fingerprint density at radius 2 is 2.15 bits per heavy atom. The third-order valence-electron chi connectivity index (χ3n) is 2.72. The zero-order chi connectivity index (χ0) is 14.9. The van der Waals surface area contributed by atoms with Crippen molar-refractivity contribution < 1.29 is 14.6 Å². The molecule has 1 aromatic carbocycles. The first-order chi connectivity index (χ1) is 9.43. The van der Waals surface area contributed by atoms with Crippen molar-refractivity contribution in [1.29, 1.82) is 0 Å². The normalized spacial score (nSPS) is 10.8. The molecule has 1 heterocycles. The third-order valence-corrected chi connectivity index (χ3v) is 3.39. The summed E-state index contributed by atoms with van der Waals surface area (Å²) in [5.41, 5.74) is 0.688. The molecule has 1 N–H and O–H groups in total. The van der Waals surface area contributed by atoms with Gasteiger partial charge in [0.15, 0.2) is 0 Å². The van der Waals surface area contributed by atoms with E-state index in [4.69, 9.17) is 9.84 Å². The molecule has 0 radical (unpaired) electrons. The minimum Gasteiger partial charge on any atom is -0.497 e. The van der Waals surface area contributed by atoms with Gasteiger partial charge in [-0.2, -0.15) is 0 Å². The van der Waals surface area contributed by atoms with E-state index in [1.165, 1.54) is 4.68 Å². The van der Waals surface area contributed by atoms with Gasteiger partial charge in [0.05, 0.1) is 12.8 Å². The van der Waals surface area contributed by atoms with E-state index in [0.29, 0.717) is 17.3 Å². The van der Waals surface area contributed by atoms with Crippen LogP contribution in [0.3, 0.4) is 0 Å². The fraction of sp³-hybridized carbons (Fsp3) is 0.308. The largest absolute Gasteiger partial charge is 0.497 e. The summed E-state index contributed by atoms with van der Waals surface area (Å²) in [6.45, 7) is 3.86. The average Bonchev–Trinajstić information content (AvgIpc) is 2.84. The predicted octanol–water partition coefficient (Wildman–Crippen LogP) is 2.86. The third kappa shape index (κ3) is 2.67. The van der Waals surface area contributed by atoms with Crippen LogP contribution in [0, 0.1) is 0 Å². The van der Waals surface area contributed by atoms with Crippen LogP contribution >= 0.6 is 15.9 Å². The first-order valence-corrected chi connectivity index (χ1v) is 6.77. The molecule has 2 rings (SSSR count). The number of rotatable bonds is 4. The Kier molecular flexibility index (Phi) is 4.08. The number of methoxy groups -OCH3 is 1. The molecule has 0 unspecified atom stereocenters. The van der Waals surface area contributed by atoms with Gasteiger partial charge in [-0.25, -0.2) is 14.5 Å². The number of benzene rings is 1. The zero-order valence-corrected chi connectivity index (χ0v) is 12.9. The number of hydrogen-bond donors (Lipinski definition) is 1. The van der Waals surface area contributed by atoms with Crippen LogP contribution in [0.2, 0.25) is 0 Å². The first-order valence-electron chi connectivity index (χ1n) is 5.98. The molecule has 20 heavy (non-hydrogen) atoms. The standard InChI is InChI=1S/C13H14BrN3O3/c1-7(2)12-15-11(13(18)19)16-17(12)10-6-8(20-3)4-5-9(10)14/h4-7H,1-3H3,(H,18,19). The number of aromatic nitrogens is 3. The van der Waals surface area contributed by atoms with Gasteiger partial charge in [0, 0.05) is 16.5 Å². The van der Waals surface area contributed by atoms with Gasteiger partial charge < -0.3 is 9.84 Å². The van der Waals surface area contributed by atoms with Crippen LogP contribution in [0.15, 0.2) is 22.7 Å². The van der Waals surface area contributed by atoms with Gasteiger partial charge in [-0.1, -0.05) is 13.8 Å². The van der Waals surface area contributed by atoms with Crippen LogP contribution in [0.5, 0.6) is 5.75 Å². The zero-order valence-electron chi connectivity index (χ0n) is 11.3. The second-order valence-electron chi connectivity index (χ2n) is 4.48. The molecular weight excluding hydrogens is 326 g/mol. The van der Waals surface area contributed by atoms with Crippen molar-refractivity contribution in [2.75, 3.05) is 7.11 Å². The monoisotopic (exact) mass is 339 g/mol. The van der Waals surface area contributed by atoms with Crippen molar-refractivity contribution in [3.63, 3.8) is 0 Å². The lowest BCUT2D eigenvalue weighted by atomic mass is 10.2. The van der Waals surface area contributed by atoms with E-state index in [1.807, 2.05) is 19.9 Å². The summed E-state index contributed by atoms with van der Waals surface area (Å²) >= 11 is 3.43. The molecule has 0 saturated heterocycles. The van der Waals surface area contributed by atoms with Crippen molar-refractivity contribution in [1.82, 2.24) is 14.8 Å². The quantitative estimate of drug-likeness (QED) is 0.926. The lowest BCUT2D eigenvalue weighted by Gasteiger charge is -2.11. The molecule has 0 amide bonds. The molecule has 0 atom stereocenters. The molecule has 0 fully saturated rings. The number of carboxylic acids is 1. The highest BCUT2D eigenvalue weighted by Crippen LogP contribution is 2.28. The van der Waals surface area contributed by atoms with Crippen molar-refractivity contribution in [2.24, 2.45) is 0 Å². The Bertz CT molecular complexity index is 652. The van der Waals surface area contributed by atoms with Crippen LogP contribution in [0.25, 0.3) is 5.69 Å². The maximum atomic E-state index is 11.1. The summed E-state index contributed by atoms with van der Waals surface area (Å²) in [5.74, 6) is -0.0941. The second-order valence-corrected chi connectivity index (χ2v) is 5.34. The molecule has 6 nitrogen and oxygen atoms in total. The maximum absolute atomic E-state index is 11.1. The van der Waals surface area contributed by atoms with E-state index >= 15 is 0 Å². The topological polar surface area (TPSA) is 77.2 Å². The van der Waals surface area contributed by atoms with Crippen LogP contribution in [-0.4, -0.2) is 33.0 Å². The fourth-order valence-corrected chi connectivity index (χ4v) is 2.16. The predicted molar refractivity (Wildman–Crippen MR) is 76.7 cm³/mol. The molecule has 0 spiro atoms. The number of nitrogens with zero attached hydrogens (tertiary/aromatic N) is 3. The van der Waals surface area contributed by atoms with Gasteiger partial charge in [0.25, 0.3) is 5.82 Å². The van der Waals surface area contributed by atoms with E-state index in [2.05, 4.69) is 26.0 Å². The minimum absolute atomic E-state index is 0.0358. The van der Waals surface area contributed by atoms with Crippen LogP contribution < -0.4 is 4.74 Å². The summed E-state index contributed by atoms with van der Waals surface area (Å²) in [4.78, 5) is 15.1. The van der Waals surface area contributed by atoms with E-state index in [9.17, 15) is 4.79 Å². The molecule has 106 valence electrons. The number of hydrogen-bond acceptors (Lipinski definition) is 4. The Morgan fingerprint density at radius 3 is 2.70 bits per heavy atom. The maximum Gasteiger partial charge on any atom is 0.375 e. The van der Waals surface area contributed by atoms with Gasteiger partial charge in [0.1, 0.15) is 11.6 Å². The van der Waals surface area contributed by atoms with E-state index in [0.717, 1.165) is 4.47 Å². The first kappa shape index (κ1) is 14.5. The van der Waals surface area contributed by atoms with Crippen LogP contribution in [-0.2, 0) is 0 Å². The molecule has 0 aliphatic rings. The summed E-state index contributed by atoms with van der Waals surface area (Å²) in [7, 11) is 1.57.